The van der Waals surface area contributed by atoms with E-state index in [1.54, 1.807) is 42.5 Å². The minimum Gasteiger partial charge on any atom is -0.240 e. The summed E-state index contributed by atoms with van der Waals surface area (Å²) in [7, 11) is -8.32. The first-order chi connectivity index (χ1) is 13.2. The van der Waals surface area contributed by atoms with Gasteiger partial charge in [-0.2, -0.15) is 8.42 Å². The van der Waals surface area contributed by atoms with Gasteiger partial charge in [0.05, 0.1) is 9.79 Å². The molecule has 0 spiro atoms. The second-order valence-corrected chi connectivity index (χ2v) is 11.1. The fourth-order valence-electron chi connectivity index (χ4n) is 2.51. The van der Waals surface area contributed by atoms with Crippen molar-refractivity contribution >= 4 is 35.7 Å². The van der Waals surface area contributed by atoms with Crippen LogP contribution in [-0.2, 0) is 19.8 Å². The van der Waals surface area contributed by atoms with E-state index in [1.807, 2.05) is 6.92 Å². The molecule has 0 saturated heterocycles. The van der Waals surface area contributed by atoms with Gasteiger partial charge in [-0.25, -0.2) is 8.60 Å². The molecule has 0 radical (unpaired) electrons. The van der Waals surface area contributed by atoms with Crippen LogP contribution in [0.4, 0.5) is 4.39 Å². The molecule has 0 heterocycles. The molecule has 3 aromatic carbocycles. The number of benzene rings is 3. The van der Waals surface area contributed by atoms with Crippen molar-refractivity contribution in [2.45, 2.75) is 22.2 Å². The zero-order valence-electron chi connectivity index (χ0n) is 14.8. The summed E-state index contributed by atoms with van der Waals surface area (Å²) in [4.78, 5) is -0.120. The lowest BCUT2D eigenvalue weighted by molar-refractivity contribution is 0.450. The van der Waals surface area contributed by atoms with Gasteiger partial charge in [0, 0.05) is 10.0 Å². The highest BCUT2D eigenvalue weighted by Crippen LogP contribution is 2.34. The summed E-state index contributed by atoms with van der Waals surface area (Å²) in [5, 5.41) is 0. The third kappa shape index (κ3) is 4.34. The maximum absolute atomic E-state index is 15.5. The van der Waals surface area contributed by atoms with E-state index in [0.717, 1.165) is 10.0 Å². The van der Waals surface area contributed by atoms with Gasteiger partial charge in [-0.15, -0.1) is 0 Å². The topological polar surface area (TPSA) is 63.6 Å². The summed E-state index contributed by atoms with van der Waals surface area (Å²) in [5.74, 6) is 0. The van der Waals surface area contributed by atoms with E-state index in [2.05, 4.69) is 19.7 Å². The Balaban J connectivity index is 2.22. The monoisotopic (exact) mass is 481 g/mol. The maximum Gasteiger partial charge on any atom is 0.290 e. The van der Waals surface area contributed by atoms with E-state index < -0.39 is 25.3 Å². The highest BCUT2D eigenvalue weighted by molar-refractivity contribution is 9.10. The predicted molar refractivity (Wildman–Crippen MR) is 112 cm³/mol. The van der Waals surface area contributed by atoms with Crippen LogP contribution in [0, 0.1) is 6.92 Å². The maximum atomic E-state index is 15.5. The van der Waals surface area contributed by atoms with Gasteiger partial charge in [0.2, 0.25) is 5.50 Å². The molecule has 0 fully saturated rings. The van der Waals surface area contributed by atoms with E-state index >= 15 is 4.39 Å². The largest absolute Gasteiger partial charge is 0.290 e. The van der Waals surface area contributed by atoms with Crippen LogP contribution < -0.4 is 0 Å². The first-order valence-electron chi connectivity index (χ1n) is 8.26. The lowest BCUT2D eigenvalue weighted by Crippen LogP contribution is -2.13. The summed E-state index contributed by atoms with van der Waals surface area (Å²) in [6.07, 6.45) is 0. The fourth-order valence-corrected chi connectivity index (χ4v) is 6.73. The van der Waals surface area contributed by atoms with Gasteiger partial charge in [0.25, 0.3) is 10.0 Å². The normalized spacial score (nSPS) is 14.8. The van der Waals surface area contributed by atoms with Crippen molar-refractivity contribution in [1.82, 2.24) is 0 Å². The molecule has 0 amide bonds. The Morgan fingerprint density at radius 3 is 1.96 bits per heavy atom. The van der Waals surface area contributed by atoms with Crippen LogP contribution >= 0.6 is 15.9 Å². The average Bonchev–Trinajstić information content (AvgIpc) is 2.68. The molecule has 146 valence electrons. The summed E-state index contributed by atoms with van der Waals surface area (Å²) >= 11 is 3.26. The van der Waals surface area contributed by atoms with Crippen molar-refractivity contribution in [3.63, 3.8) is 0 Å². The lowest BCUT2D eigenvalue weighted by atomic mass is 10.2. The van der Waals surface area contributed by atoms with Gasteiger partial charge in [-0.1, -0.05) is 67.7 Å². The van der Waals surface area contributed by atoms with E-state index in [9.17, 15) is 12.6 Å². The van der Waals surface area contributed by atoms with Gasteiger partial charge in [-0.3, -0.25) is 0 Å². The zero-order valence-corrected chi connectivity index (χ0v) is 18.0. The number of alkyl halides is 1. The van der Waals surface area contributed by atoms with Crippen LogP contribution in [0.2, 0.25) is 0 Å². The van der Waals surface area contributed by atoms with E-state index in [-0.39, 0.29) is 15.4 Å². The van der Waals surface area contributed by atoms with Crippen molar-refractivity contribution in [2.75, 3.05) is 0 Å². The number of sulfonamides is 1. The highest BCUT2D eigenvalue weighted by atomic mass is 79.9. The number of hydrogen-bond donors (Lipinski definition) is 0. The molecule has 3 rings (SSSR count). The molecule has 2 atom stereocenters. The summed E-state index contributed by atoms with van der Waals surface area (Å²) in [5.41, 5.74) is -1.18. The Morgan fingerprint density at radius 1 is 0.821 bits per heavy atom. The Labute approximate surface area is 172 Å². The molecule has 8 heteroatoms. The molecule has 0 unspecified atom stereocenters. The second kappa shape index (κ2) is 8.14. The molecule has 0 N–H and O–H groups in total. The lowest BCUT2D eigenvalue weighted by Gasteiger charge is -2.16. The average molecular weight is 482 g/mol. The van der Waals surface area contributed by atoms with Gasteiger partial charge in [0.1, 0.15) is 9.73 Å². The van der Waals surface area contributed by atoms with Gasteiger partial charge in [0.15, 0.2) is 0 Å². The van der Waals surface area contributed by atoms with Gasteiger partial charge >= 0.3 is 0 Å². The van der Waals surface area contributed by atoms with E-state index in [4.69, 9.17) is 0 Å². The first-order valence-corrected chi connectivity index (χ1v) is 12.1. The first kappa shape index (κ1) is 20.7. The van der Waals surface area contributed by atoms with Crippen LogP contribution in [0.25, 0.3) is 0 Å². The Bertz CT molecular complexity index is 1190. The van der Waals surface area contributed by atoms with Crippen LogP contribution in [0.15, 0.2) is 96.9 Å². The minimum absolute atomic E-state index is 0.0149. The van der Waals surface area contributed by atoms with Crippen LogP contribution in [0.1, 0.15) is 16.6 Å². The van der Waals surface area contributed by atoms with Crippen molar-refractivity contribution in [3.05, 3.63) is 94.5 Å². The molecule has 0 aliphatic heterocycles. The standard InChI is InChI=1S/C20H17BrFNO3S2/c1-15-7-13-19(14-8-15)28(25,26)23-27(24,18-5-3-2-4-6-18)20(22)16-9-11-17(21)12-10-16/h2-14,20H,1H3/t20-,27-/m0/s1. The second-order valence-electron chi connectivity index (χ2n) is 6.11. The van der Waals surface area contributed by atoms with Gasteiger partial charge in [-0.05, 0) is 43.3 Å². The Hall–Kier alpha value is -2.03. The van der Waals surface area contributed by atoms with Crippen molar-refractivity contribution < 1.29 is 17.0 Å². The number of rotatable bonds is 5. The van der Waals surface area contributed by atoms with E-state index in [1.165, 1.54) is 36.4 Å². The number of hydrogen-bond acceptors (Lipinski definition) is 3. The molecule has 4 nitrogen and oxygen atoms in total. The molecule has 0 aromatic heterocycles. The summed E-state index contributed by atoms with van der Waals surface area (Å²) in [6.45, 7) is 1.81. The Kier molecular flexibility index (Phi) is 6.02. The third-order valence-corrected chi connectivity index (χ3v) is 8.87. The molecule has 0 aliphatic rings. The van der Waals surface area contributed by atoms with Crippen LogP contribution in [0.5, 0.6) is 0 Å². The van der Waals surface area contributed by atoms with Crippen LogP contribution in [0.3, 0.4) is 0 Å². The summed E-state index contributed by atoms with van der Waals surface area (Å²) < 4.78 is 59.1. The van der Waals surface area contributed by atoms with Crippen LogP contribution in [-0.4, -0.2) is 12.6 Å². The quantitative estimate of drug-likeness (QED) is 0.473. The van der Waals surface area contributed by atoms with Crippen molar-refractivity contribution in [3.8, 4) is 0 Å². The minimum atomic E-state index is -4.34. The highest BCUT2D eigenvalue weighted by Gasteiger charge is 2.30. The number of nitrogens with zero attached hydrogens (tertiary/aromatic N) is 1. The predicted octanol–water partition coefficient (Wildman–Crippen LogP) is 5.64. The van der Waals surface area contributed by atoms with Crippen molar-refractivity contribution in [1.29, 1.82) is 0 Å². The Morgan fingerprint density at radius 2 is 1.39 bits per heavy atom. The molecule has 0 saturated carbocycles. The molecular weight excluding hydrogens is 465 g/mol. The molecule has 0 bridgehead atoms. The molecular formula is C20H17BrFNO3S2. The number of aryl methyl sites for hydroxylation is 1. The molecule has 28 heavy (non-hydrogen) atoms. The fraction of sp³-hybridized carbons (Fsp3) is 0.100. The van der Waals surface area contributed by atoms with Gasteiger partial charge < -0.3 is 0 Å². The molecule has 3 aromatic rings. The van der Waals surface area contributed by atoms with E-state index in [0.29, 0.717) is 0 Å². The van der Waals surface area contributed by atoms with Crippen molar-refractivity contribution in [2.24, 2.45) is 3.77 Å². The zero-order chi connectivity index (χ0) is 20.4. The number of halogens is 2. The summed E-state index contributed by atoms with van der Waals surface area (Å²) in [6, 6.07) is 19.7. The smallest absolute Gasteiger partial charge is 0.240 e. The third-order valence-electron chi connectivity index (χ3n) is 4.02. The molecule has 0 aliphatic carbocycles. The SMILES string of the molecule is Cc1ccc(S(=O)(=O)N=[S@](=O)(c2ccccc2)[C@H](F)c2ccc(Br)cc2)cc1.